The number of fused-ring (bicyclic) bond motifs is 1. The number of carboxylic acid groups (broad SMARTS) is 1. The van der Waals surface area contributed by atoms with Crippen LogP contribution < -0.4 is 14.8 Å². The first-order chi connectivity index (χ1) is 10.6. The highest BCUT2D eigenvalue weighted by molar-refractivity contribution is 7.99. The molecule has 2 heterocycles. The third-order valence-electron chi connectivity index (χ3n) is 3.79. The molecule has 1 aromatic carbocycles. The number of amides is 1. The van der Waals surface area contributed by atoms with E-state index in [1.165, 1.54) is 11.8 Å². The van der Waals surface area contributed by atoms with E-state index in [9.17, 15) is 14.7 Å². The first kappa shape index (κ1) is 15.0. The molecule has 0 saturated carbocycles. The molecular formula is C15H17NO5S. The molecule has 0 aliphatic carbocycles. The van der Waals surface area contributed by atoms with E-state index in [0.29, 0.717) is 42.4 Å². The molecule has 0 aromatic heterocycles. The van der Waals surface area contributed by atoms with Gasteiger partial charge in [-0.15, -0.1) is 0 Å². The Hall–Kier alpha value is -1.89. The van der Waals surface area contributed by atoms with Gasteiger partial charge in [0.25, 0.3) is 5.91 Å². The number of benzene rings is 1. The summed E-state index contributed by atoms with van der Waals surface area (Å²) in [6.45, 7) is 1.12. The molecular weight excluding hydrogens is 306 g/mol. The van der Waals surface area contributed by atoms with Crippen molar-refractivity contribution in [2.45, 2.75) is 18.4 Å². The molecule has 0 spiro atoms. The van der Waals surface area contributed by atoms with Gasteiger partial charge in [0.1, 0.15) is 5.54 Å². The Labute approximate surface area is 132 Å². The number of carbonyl (C=O) groups is 2. The van der Waals surface area contributed by atoms with Crippen molar-refractivity contribution < 1.29 is 24.2 Å². The van der Waals surface area contributed by atoms with E-state index in [2.05, 4.69) is 5.32 Å². The monoisotopic (exact) mass is 323 g/mol. The molecule has 118 valence electrons. The summed E-state index contributed by atoms with van der Waals surface area (Å²) in [5, 5.41) is 12.1. The molecule has 3 rings (SSSR count). The second-order valence-electron chi connectivity index (χ2n) is 5.36. The van der Waals surface area contributed by atoms with Gasteiger partial charge in [0, 0.05) is 17.7 Å². The van der Waals surface area contributed by atoms with Crippen LogP contribution in [0.4, 0.5) is 0 Å². The summed E-state index contributed by atoms with van der Waals surface area (Å²) in [6, 6.07) is 4.92. The van der Waals surface area contributed by atoms with Crippen LogP contribution in [-0.2, 0) is 4.79 Å². The zero-order chi connectivity index (χ0) is 15.6. The van der Waals surface area contributed by atoms with Crippen LogP contribution in [0, 0.1) is 0 Å². The summed E-state index contributed by atoms with van der Waals surface area (Å²) in [6.07, 6.45) is 1.22. The third-order valence-corrected chi connectivity index (χ3v) is 4.98. The van der Waals surface area contributed by atoms with E-state index in [-0.39, 0.29) is 0 Å². The Morgan fingerprint density at radius 2 is 2.00 bits per heavy atom. The zero-order valence-corrected chi connectivity index (χ0v) is 12.8. The van der Waals surface area contributed by atoms with E-state index in [0.717, 1.165) is 12.2 Å². The minimum atomic E-state index is -1.17. The number of carboxylic acids is 1. The van der Waals surface area contributed by atoms with Gasteiger partial charge in [0.15, 0.2) is 11.5 Å². The van der Waals surface area contributed by atoms with Crippen molar-refractivity contribution in [3.63, 3.8) is 0 Å². The number of hydrogen-bond donors (Lipinski definition) is 2. The molecule has 1 atom stereocenters. The van der Waals surface area contributed by atoms with Crippen LogP contribution in [0.25, 0.3) is 0 Å². The van der Waals surface area contributed by atoms with Crippen molar-refractivity contribution in [3.8, 4) is 11.5 Å². The zero-order valence-electron chi connectivity index (χ0n) is 12.0. The number of aliphatic carboxylic acids is 1. The van der Waals surface area contributed by atoms with Crippen LogP contribution in [0.5, 0.6) is 11.5 Å². The van der Waals surface area contributed by atoms with E-state index in [1.54, 1.807) is 18.2 Å². The summed E-state index contributed by atoms with van der Waals surface area (Å²) in [7, 11) is 0. The maximum absolute atomic E-state index is 12.4. The summed E-state index contributed by atoms with van der Waals surface area (Å²) in [5.41, 5.74) is -0.798. The molecule has 1 unspecified atom stereocenters. The Morgan fingerprint density at radius 3 is 2.68 bits per heavy atom. The highest BCUT2D eigenvalue weighted by Crippen LogP contribution is 2.32. The SMILES string of the molecule is O=C(NC1(C(=O)O)CCSC1)c1ccc2c(c1)OCCCO2. The second-order valence-corrected chi connectivity index (χ2v) is 6.46. The quantitative estimate of drug-likeness (QED) is 0.878. The predicted octanol–water partition coefficient (Wildman–Crippen LogP) is 1.54. The average Bonchev–Trinajstić information content (AvgIpc) is 2.85. The van der Waals surface area contributed by atoms with Crippen LogP contribution in [-0.4, -0.2) is 47.2 Å². The summed E-state index contributed by atoms with van der Waals surface area (Å²) < 4.78 is 11.1. The number of thioether (sulfide) groups is 1. The number of carbonyl (C=O) groups excluding carboxylic acids is 1. The minimum Gasteiger partial charge on any atom is -0.490 e. The number of hydrogen-bond acceptors (Lipinski definition) is 5. The second kappa shape index (κ2) is 6.08. The summed E-state index contributed by atoms with van der Waals surface area (Å²) >= 11 is 1.53. The molecule has 7 heteroatoms. The van der Waals surface area contributed by atoms with Crippen molar-refractivity contribution in [1.82, 2.24) is 5.32 Å². The van der Waals surface area contributed by atoms with Crippen molar-refractivity contribution in [3.05, 3.63) is 23.8 Å². The van der Waals surface area contributed by atoms with Gasteiger partial charge in [-0.1, -0.05) is 0 Å². The minimum absolute atomic E-state index is 0.377. The molecule has 1 aromatic rings. The van der Waals surface area contributed by atoms with Crippen molar-refractivity contribution in [2.75, 3.05) is 24.7 Å². The predicted molar refractivity (Wildman–Crippen MR) is 81.8 cm³/mol. The van der Waals surface area contributed by atoms with Gasteiger partial charge in [0.2, 0.25) is 0 Å². The molecule has 0 bridgehead atoms. The molecule has 2 aliphatic rings. The lowest BCUT2D eigenvalue weighted by molar-refractivity contribution is -0.143. The number of ether oxygens (including phenoxy) is 2. The average molecular weight is 323 g/mol. The fourth-order valence-corrected chi connectivity index (χ4v) is 3.81. The maximum Gasteiger partial charge on any atom is 0.330 e. The van der Waals surface area contributed by atoms with E-state index in [4.69, 9.17) is 9.47 Å². The topological polar surface area (TPSA) is 84.9 Å². The standard InChI is InChI=1S/C15H17NO5S/c17-13(16-15(14(18)19)4-7-22-9-15)10-2-3-11-12(8-10)21-6-1-5-20-11/h2-3,8H,1,4-7,9H2,(H,16,17)(H,18,19). The van der Waals surface area contributed by atoms with Crippen LogP contribution in [0.15, 0.2) is 18.2 Å². The highest BCUT2D eigenvalue weighted by Gasteiger charge is 2.43. The van der Waals surface area contributed by atoms with Crippen LogP contribution in [0.3, 0.4) is 0 Å². The van der Waals surface area contributed by atoms with Crippen molar-refractivity contribution >= 4 is 23.6 Å². The Kier molecular flexibility index (Phi) is 4.15. The van der Waals surface area contributed by atoms with Crippen molar-refractivity contribution in [2.24, 2.45) is 0 Å². The van der Waals surface area contributed by atoms with Gasteiger partial charge in [-0.05, 0) is 30.4 Å². The lowest BCUT2D eigenvalue weighted by Gasteiger charge is -2.24. The molecule has 22 heavy (non-hydrogen) atoms. The fourth-order valence-electron chi connectivity index (χ4n) is 2.48. The highest BCUT2D eigenvalue weighted by atomic mass is 32.2. The van der Waals surface area contributed by atoms with Gasteiger partial charge in [-0.3, -0.25) is 4.79 Å². The Morgan fingerprint density at radius 1 is 1.23 bits per heavy atom. The molecule has 6 nitrogen and oxygen atoms in total. The van der Waals surface area contributed by atoms with Gasteiger partial charge in [-0.2, -0.15) is 11.8 Å². The largest absolute Gasteiger partial charge is 0.490 e. The number of nitrogens with one attached hydrogen (secondary N) is 1. The first-order valence-electron chi connectivity index (χ1n) is 7.14. The van der Waals surface area contributed by atoms with Crippen LogP contribution in [0.2, 0.25) is 0 Å². The summed E-state index contributed by atoms with van der Waals surface area (Å²) in [5.74, 6) is 0.862. The first-order valence-corrected chi connectivity index (χ1v) is 8.29. The van der Waals surface area contributed by atoms with E-state index in [1.807, 2.05) is 0 Å². The van der Waals surface area contributed by atoms with Gasteiger partial charge in [-0.25, -0.2) is 4.79 Å². The fraction of sp³-hybridized carbons (Fsp3) is 0.467. The smallest absolute Gasteiger partial charge is 0.330 e. The lowest BCUT2D eigenvalue weighted by Crippen LogP contribution is -2.54. The van der Waals surface area contributed by atoms with Crippen LogP contribution in [0.1, 0.15) is 23.2 Å². The number of rotatable bonds is 3. The van der Waals surface area contributed by atoms with Crippen molar-refractivity contribution in [1.29, 1.82) is 0 Å². The van der Waals surface area contributed by atoms with E-state index < -0.39 is 17.4 Å². The summed E-state index contributed by atoms with van der Waals surface area (Å²) in [4.78, 5) is 23.9. The lowest BCUT2D eigenvalue weighted by atomic mass is 9.98. The van der Waals surface area contributed by atoms with Gasteiger partial charge in [0.05, 0.1) is 13.2 Å². The molecule has 1 saturated heterocycles. The van der Waals surface area contributed by atoms with Crippen LogP contribution >= 0.6 is 11.8 Å². The van der Waals surface area contributed by atoms with Gasteiger partial charge >= 0.3 is 5.97 Å². The molecule has 1 amide bonds. The normalized spacial score (nSPS) is 23.6. The van der Waals surface area contributed by atoms with Gasteiger partial charge < -0.3 is 19.9 Å². The molecule has 2 aliphatic heterocycles. The molecule has 0 radical (unpaired) electrons. The Bertz CT molecular complexity index is 598. The maximum atomic E-state index is 12.4. The van der Waals surface area contributed by atoms with E-state index >= 15 is 0 Å². The molecule has 2 N–H and O–H groups in total. The third kappa shape index (κ3) is 2.85. The Balaban J connectivity index is 1.80. The molecule has 1 fully saturated rings.